The summed E-state index contributed by atoms with van der Waals surface area (Å²) in [7, 11) is 0. The van der Waals surface area contributed by atoms with E-state index in [0.717, 1.165) is 17.4 Å². The molecule has 1 N–H and O–H groups in total. The molecule has 1 aromatic carbocycles. The molecule has 9 heteroatoms. The van der Waals surface area contributed by atoms with Crippen molar-refractivity contribution in [2.45, 2.75) is 11.3 Å². The molecule has 0 saturated carbocycles. The Bertz CT molecular complexity index is 889. The molecule has 22 heavy (non-hydrogen) atoms. The summed E-state index contributed by atoms with van der Waals surface area (Å²) < 4.78 is 1.77. The van der Waals surface area contributed by atoms with Crippen LogP contribution in [-0.4, -0.2) is 31.5 Å². The molecule has 0 saturated heterocycles. The monoisotopic (exact) mass is 333 g/mol. The van der Waals surface area contributed by atoms with Crippen molar-refractivity contribution in [1.29, 1.82) is 0 Å². The van der Waals surface area contributed by atoms with Gasteiger partial charge in [-0.25, -0.2) is 0 Å². The van der Waals surface area contributed by atoms with Crippen molar-refractivity contribution >= 4 is 39.7 Å². The van der Waals surface area contributed by atoms with E-state index >= 15 is 0 Å². The number of hydrogen-bond acceptors (Lipinski definition) is 7. The maximum Gasteiger partial charge on any atom is 0.293 e. The first-order chi connectivity index (χ1) is 10.6. The van der Waals surface area contributed by atoms with Gasteiger partial charge in [0.25, 0.3) is 5.56 Å². The van der Waals surface area contributed by atoms with Gasteiger partial charge in [0, 0.05) is 5.69 Å². The smallest absolute Gasteiger partial charge is 0.293 e. The summed E-state index contributed by atoms with van der Waals surface area (Å²) in [6.45, 7) is 1.93. The number of rotatable bonds is 4. The van der Waals surface area contributed by atoms with Crippen LogP contribution in [0.4, 0.5) is 5.69 Å². The first-order valence-electron chi connectivity index (χ1n) is 6.33. The minimum absolute atomic E-state index is 0.128. The van der Waals surface area contributed by atoms with Crippen LogP contribution in [0.15, 0.2) is 39.6 Å². The summed E-state index contributed by atoms with van der Waals surface area (Å²) in [4.78, 5) is 23.9. The van der Waals surface area contributed by atoms with Crippen LogP contribution in [0.2, 0.25) is 0 Å². The van der Waals surface area contributed by atoms with Crippen molar-refractivity contribution in [3.8, 4) is 0 Å². The zero-order valence-electron chi connectivity index (χ0n) is 11.5. The van der Waals surface area contributed by atoms with Crippen LogP contribution in [-0.2, 0) is 4.79 Å². The summed E-state index contributed by atoms with van der Waals surface area (Å²) in [5, 5.41) is 14.4. The summed E-state index contributed by atoms with van der Waals surface area (Å²) in [6.07, 6.45) is 1.10. The number of hydrogen-bond donors (Lipinski definition) is 1. The number of anilines is 1. The van der Waals surface area contributed by atoms with Crippen LogP contribution >= 0.6 is 23.1 Å². The van der Waals surface area contributed by atoms with Crippen LogP contribution < -0.4 is 10.9 Å². The molecular formula is C13H11N5O2S2. The van der Waals surface area contributed by atoms with Gasteiger partial charge < -0.3 is 5.32 Å². The average molecular weight is 333 g/mol. The van der Waals surface area contributed by atoms with Gasteiger partial charge in [0.15, 0.2) is 4.34 Å². The van der Waals surface area contributed by atoms with E-state index in [1.165, 1.54) is 27.6 Å². The molecule has 7 nitrogen and oxygen atoms in total. The van der Waals surface area contributed by atoms with Crippen molar-refractivity contribution in [3.63, 3.8) is 0 Å². The van der Waals surface area contributed by atoms with E-state index in [-0.39, 0.29) is 17.2 Å². The minimum Gasteiger partial charge on any atom is -0.325 e. The van der Waals surface area contributed by atoms with Crippen LogP contribution in [0.25, 0.3) is 4.96 Å². The van der Waals surface area contributed by atoms with Crippen LogP contribution in [0.3, 0.4) is 0 Å². The SMILES string of the molecule is Cc1ccccc1NC(=O)CSc1nn2c(=O)cnnc2s1. The molecule has 0 fully saturated rings. The molecular weight excluding hydrogens is 322 g/mol. The quantitative estimate of drug-likeness (QED) is 0.729. The fourth-order valence-electron chi connectivity index (χ4n) is 1.74. The van der Waals surface area contributed by atoms with Crippen molar-refractivity contribution in [2.75, 3.05) is 11.1 Å². The van der Waals surface area contributed by atoms with Gasteiger partial charge in [-0.05, 0) is 18.6 Å². The second-order valence-corrected chi connectivity index (χ2v) is 6.58. The Morgan fingerprint density at radius 1 is 1.41 bits per heavy atom. The molecule has 0 bridgehead atoms. The molecule has 0 aliphatic rings. The molecule has 2 heterocycles. The standard InChI is InChI=1S/C13H11N5O2S2/c1-8-4-2-3-5-9(8)15-10(19)7-21-13-17-18-11(20)6-14-16-12(18)22-13/h2-6H,7H2,1H3,(H,15,19). The average Bonchev–Trinajstić information content (AvgIpc) is 2.92. The predicted molar refractivity (Wildman–Crippen MR) is 85.5 cm³/mol. The number of carbonyl (C=O) groups excluding carboxylic acids is 1. The van der Waals surface area contributed by atoms with Crippen LogP contribution in [0.5, 0.6) is 0 Å². The molecule has 0 atom stereocenters. The topological polar surface area (TPSA) is 89.3 Å². The van der Waals surface area contributed by atoms with Gasteiger partial charge >= 0.3 is 0 Å². The van der Waals surface area contributed by atoms with Crippen LogP contribution in [0.1, 0.15) is 5.56 Å². The molecule has 3 aromatic rings. The van der Waals surface area contributed by atoms with Gasteiger partial charge in [-0.15, -0.1) is 10.2 Å². The molecule has 0 aliphatic heterocycles. The molecule has 112 valence electrons. The highest BCUT2D eigenvalue weighted by Crippen LogP contribution is 2.23. The first kappa shape index (κ1) is 14.7. The maximum atomic E-state index is 12.0. The molecule has 1 amide bonds. The van der Waals surface area contributed by atoms with Crippen molar-refractivity contribution in [3.05, 3.63) is 46.4 Å². The normalized spacial score (nSPS) is 10.8. The third kappa shape index (κ3) is 3.15. The zero-order valence-corrected chi connectivity index (χ0v) is 13.1. The van der Waals surface area contributed by atoms with Gasteiger partial charge in [0.05, 0.1) is 5.75 Å². The number of fused-ring (bicyclic) bond motifs is 1. The number of nitrogens with zero attached hydrogens (tertiary/aromatic N) is 4. The molecule has 0 radical (unpaired) electrons. The lowest BCUT2D eigenvalue weighted by atomic mass is 10.2. The van der Waals surface area contributed by atoms with Gasteiger partial charge in [0.1, 0.15) is 6.20 Å². The van der Waals surface area contributed by atoms with Gasteiger partial charge in [0.2, 0.25) is 10.9 Å². The van der Waals surface area contributed by atoms with Crippen LogP contribution in [0, 0.1) is 6.92 Å². The fourth-order valence-corrected chi connectivity index (χ4v) is 3.43. The second-order valence-electron chi connectivity index (χ2n) is 4.40. The minimum atomic E-state index is -0.336. The molecule has 0 unspecified atom stereocenters. The maximum absolute atomic E-state index is 12.0. The Labute approximate surface area is 133 Å². The Morgan fingerprint density at radius 3 is 3.00 bits per heavy atom. The highest BCUT2D eigenvalue weighted by Gasteiger charge is 2.10. The fraction of sp³-hybridized carbons (Fsp3) is 0.154. The second kappa shape index (κ2) is 6.24. The number of aryl methyl sites for hydroxylation is 1. The van der Waals surface area contributed by atoms with Crippen molar-refractivity contribution in [2.24, 2.45) is 0 Å². The number of benzene rings is 1. The third-order valence-electron chi connectivity index (χ3n) is 2.81. The molecule has 0 aliphatic carbocycles. The van der Waals surface area contributed by atoms with E-state index in [4.69, 9.17) is 0 Å². The Kier molecular flexibility index (Phi) is 4.16. The summed E-state index contributed by atoms with van der Waals surface area (Å²) in [5.41, 5.74) is 1.46. The predicted octanol–water partition coefficient (Wildman–Crippen LogP) is 1.59. The van der Waals surface area contributed by atoms with Gasteiger partial charge in [-0.2, -0.15) is 9.61 Å². The highest BCUT2D eigenvalue weighted by atomic mass is 32.2. The van der Waals surface area contributed by atoms with Gasteiger partial charge in [-0.3, -0.25) is 9.59 Å². The van der Waals surface area contributed by atoms with E-state index in [1.54, 1.807) is 0 Å². The number of thioether (sulfide) groups is 1. The van der Waals surface area contributed by atoms with E-state index in [2.05, 4.69) is 20.6 Å². The lowest BCUT2D eigenvalue weighted by Gasteiger charge is -2.06. The lowest BCUT2D eigenvalue weighted by molar-refractivity contribution is -0.113. The molecule has 2 aromatic heterocycles. The number of carbonyl (C=O) groups is 1. The van der Waals surface area contributed by atoms with E-state index < -0.39 is 0 Å². The highest BCUT2D eigenvalue weighted by molar-refractivity contribution is 8.01. The summed E-state index contributed by atoms with van der Waals surface area (Å²) in [5.74, 6) is 0.0769. The molecule has 0 spiro atoms. The third-order valence-corrected chi connectivity index (χ3v) is 4.84. The lowest BCUT2D eigenvalue weighted by Crippen LogP contribution is -2.15. The van der Waals surface area contributed by atoms with E-state index in [1.807, 2.05) is 31.2 Å². The first-order valence-corrected chi connectivity index (χ1v) is 8.13. The number of aromatic nitrogens is 4. The largest absolute Gasteiger partial charge is 0.325 e. The van der Waals surface area contributed by atoms with Crippen molar-refractivity contribution in [1.82, 2.24) is 19.8 Å². The number of para-hydroxylation sites is 1. The number of amides is 1. The Hall–Kier alpha value is -2.26. The number of nitrogens with one attached hydrogen (secondary N) is 1. The van der Waals surface area contributed by atoms with E-state index in [9.17, 15) is 9.59 Å². The Morgan fingerprint density at radius 2 is 2.23 bits per heavy atom. The Balaban J connectivity index is 1.66. The van der Waals surface area contributed by atoms with Gasteiger partial charge in [-0.1, -0.05) is 41.3 Å². The molecule has 3 rings (SSSR count). The zero-order chi connectivity index (χ0) is 15.5. The van der Waals surface area contributed by atoms with Crippen molar-refractivity contribution < 1.29 is 4.79 Å². The van der Waals surface area contributed by atoms with E-state index in [0.29, 0.717) is 9.30 Å². The summed E-state index contributed by atoms with van der Waals surface area (Å²) in [6, 6.07) is 7.57. The summed E-state index contributed by atoms with van der Waals surface area (Å²) >= 11 is 2.48.